The van der Waals surface area contributed by atoms with Gasteiger partial charge in [-0.3, -0.25) is 4.79 Å². The Kier molecular flexibility index (Phi) is 6.02. The number of anilines is 1. The molecule has 0 aromatic heterocycles. The lowest BCUT2D eigenvalue weighted by Crippen LogP contribution is -2.43. The second kappa shape index (κ2) is 8.55. The zero-order valence-electron chi connectivity index (χ0n) is 16.0. The maximum atomic E-state index is 13.2. The van der Waals surface area contributed by atoms with Gasteiger partial charge in [-0.1, -0.05) is 53.5 Å². The van der Waals surface area contributed by atoms with Gasteiger partial charge in [0.05, 0.1) is 20.9 Å². The monoisotopic (exact) mass is 462 g/mol. The Hall–Kier alpha value is -2.12. The zero-order valence-corrected chi connectivity index (χ0v) is 18.3. The molecule has 3 aromatic carbocycles. The molecule has 156 valence electrons. The standard InChI is InChI=1S/C22H20Cl2N2O3S/c23-20-10-8-18(13-21(20)24)25-22(27)17-6-3-11-26(14-17)30(28,29)19-9-7-15-4-1-2-5-16(15)12-19/h1-2,4-5,7-10,12-13,17H,3,6,11,14H2,(H,25,27)/t17-/m0/s1. The number of nitrogens with one attached hydrogen (secondary N) is 1. The Balaban J connectivity index is 1.51. The molecule has 1 fully saturated rings. The number of hydrogen-bond donors (Lipinski definition) is 1. The zero-order chi connectivity index (χ0) is 21.3. The highest BCUT2D eigenvalue weighted by molar-refractivity contribution is 7.89. The van der Waals surface area contributed by atoms with Crippen LogP contribution < -0.4 is 5.32 Å². The average molecular weight is 463 g/mol. The number of rotatable bonds is 4. The lowest BCUT2D eigenvalue weighted by molar-refractivity contribution is -0.120. The molecule has 0 bridgehead atoms. The fraction of sp³-hybridized carbons (Fsp3) is 0.227. The minimum atomic E-state index is -3.69. The highest BCUT2D eigenvalue weighted by Crippen LogP contribution is 2.28. The topological polar surface area (TPSA) is 66.5 Å². The van der Waals surface area contributed by atoms with Gasteiger partial charge in [0, 0.05) is 18.8 Å². The van der Waals surface area contributed by atoms with Gasteiger partial charge in [-0.25, -0.2) is 8.42 Å². The SMILES string of the molecule is O=C(Nc1ccc(Cl)c(Cl)c1)[C@H]1CCCN(S(=O)(=O)c2ccc3ccccc3c2)C1. The van der Waals surface area contributed by atoms with E-state index in [9.17, 15) is 13.2 Å². The molecule has 4 rings (SSSR count). The van der Waals surface area contributed by atoms with E-state index in [1.807, 2.05) is 24.3 Å². The van der Waals surface area contributed by atoms with Crippen molar-refractivity contribution < 1.29 is 13.2 Å². The predicted octanol–water partition coefficient (Wildman–Crippen LogP) is 5.19. The summed E-state index contributed by atoms with van der Waals surface area (Å²) in [4.78, 5) is 13.0. The lowest BCUT2D eigenvalue weighted by atomic mass is 9.99. The normalized spacial score (nSPS) is 17.7. The highest BCUT2D eigenvalue weighted by Gasteiger charge is 2.33. The lowest BCUT2D eigenvalue weighted by Gasteiger charge is -2.31. The number of nitrogens with zero attached hydrogens (tertiary/aromatic N) is 1. The molecular formula is C22H20Cl2N2O3S. The first kappa shape index (κ1) is 21.1. The van der Waals surface area contributed by atoms with Gasteiger partial charge < -0.3 is 5.32 Å². The van der Waals surface area contributed by atoms with Crippen LogP contribution in [0.1, 0.15) is 12.8 Å². The van der Waals surface area contributed by atoms with E-state index in [4.69, 9.17) is 23.2 Å². The number of hydrogen-bond acceptors (Lipinski definition) is 3. The summed E-state index contributed by atoms with van der Waals surface area (Å²) in [5.74, 6) is -0.671. The maximum Gasteiger partial charge on any atom is 0.243 e. The van der Waals surface area contributed by atoms with E-state index in [1.165, 1.54) is 4.31 Å². The van der Waals surface area contributed by atoms with Crippen LogP contribution in [0.2, 0.25) is 10.0 Å². The number of fused-ring (bicyclic) bond motifs is 1. The number of carbonyl (C=O) groups is 1. The molecule has 1 saturated heterocycles. The van der Waals surface area contributed by atoms with Gasteiger partial charge >= 0.3 is 0 Å². The summed E-state index contributed by atoms with van der Waals surface area (Å²) in [5, 5.41) is 5.41. The van der Waals surface area contributed by atoms with Crippen LogP contribution in [0.4, 0.5) is 5.69 Å². The Labute approximate surface area is 185 Å². The van der Waals surface area contributed by atoms with Gasteiger partial charge in [0.25, 0.3) is 0 Å². The summed E-state index contributed by atoms with van der Waals surface area (Å²) in [5.41, 5.74) is 0.531. The van der Waals surface area contributed by atoms with Crippen LogP contribution in [0.5, 0.6) is 0 Å². The first-order chi connectivity index (χ1) is 14.3. The average Bonchev–Trinajstić information content (AvgIpc) is 2.76. The van der Waals surface area contributed by atoms with Crippen molar-refractivity contribution in [2.45, 2.75) is 17.7 Å². The molecule has 1 aliphatic heterocycles. The fourth-order valence-corrected chi connectivity index (χ4v) is 5.53. The first-order valence-corrected chi connectivity index (χ1v) is 11.8. The van der Waals surface area contributed by atoms with Crippen LogP contribution in [0.3, 0.4) is 0 Å². The van der Waals surface area contributed by atoms with Crippen molar-refractivity contribution in [2.75, 3.05) is 18.4 Å². The van der Waals surface area contributed by atoms with E-state index in [1.54, 1.807) is 36.4 Å². The van der Waals surface area contributed by atoms with Crippen molar-refractivity contribution in [3.8, 4) is 0 Å². The number of sulfonamides is 1. The van der Waals surface area contributed by atoms with E-state index in [0.717, 1.165) is 10.8 Å². The summed E-state index contributed by atoms with van der Waals surface area (Å²) in [6, 6.07) is 17.6. The Morgan fingerprint density at radius 2 is 1.73 bits per heavy atom. The van der Waals surface area contributed by atoms with Gasteiger partial charge in [0.15, 0.2) is 0 Å². The van der Waals surface area contributed by atoms with Gasteiger partial charge in [-0.15, -0.1) is 0 Å². The number of benzene rings is 3. The summed E-state index contributed by atoms with van der Waals surface area (Å²) in [6.45, 7) is 0.536. The van der Waals surface area contributed by atoms with Gasteiger partial charge in [-0.2, -0.15) is 4.31 Å². The van der Waals surface area contributed by atoms with Crippen LogP contribution in [-0.2, 0) is 14.8 Å². The van der Waals surface area contributed by atoms with Crippen LogP contribution in [0.15, 0.2) is 65.6 Å². The van der Waals surface area contributed by atoms with Gasteiger partial charge in [0.2, 0.25) is 15.9 Å². The summed E-state index contributed by atoms with van der Waals surface area (Å²) >= 11 is 11.9. The maximum absolute atomic E-state index is 13.2. The molecule has 1 atom stereocenters. The quantitative estimate of drug-likeness (QED) is 0.580. The smallest absolute Gasteiger partial charge is 0.243 e. The molecule has 5 nitrogen and oxygen atoms in total. The summed E-state index contributed by atoms with van der Waals surface area (Å²) in [7, 11) is -3.69. The second-order valence-corrected chi connectivity index (χ2v) is 10.1. The Morgan fingerprint density at radius 1 is 0.967 bits per heavy atom. The highest BCUT2D eigenvalue weighted by atomic mass is 35.5. The molecule has 0 unspecified atom stereocenters. The Morgan fingerprint density at radius 3 is 2.50 bits per heavy atom. The van der Waals surface area contributed by atoms with Crippen molar-refractivity contribution in [3.05, 3.63) is 70.7 Å². The molecule has 1 heterocycles. The molecule has 3 aromatic rings. The van der Waals surface area contributed by atoms with Crippen LogP contribution in [-0.4, -0.2) is 31.7 Å². The molecule has 1 amide bonds. The van der Waals surface area contributed by atoms with Crippen LogP contribution in [0.25, 0.3) is 10.8 Å². The van der Waals surface area contributed by atoms with Crippen LogP contribution in [0, 0.1) is 5.92 Å². The van der Waals surface area contributed by atoms with E-state index < -0.39 is 15.9 Å². The third-order valence-corrected chi connectivity index (χ3v) is 7.90. The van der Waals surface area contributed by atoms with Crippen molar-refractivity contribution in [3.63, 3.8) is 0 Å². The minimum absolute atomic E-state index is 0.141. The van der Waals surface area contributed by atoms with Gasteiger partial charge in [-0.05, 0) is 53.9 Å². The number of halogens is 2. The van der Waals surface area contributed by atoms with Crippen molar-refractivity contribution in [2.24, 2.45) is 5.92 Å². The second-order valence-electron chi connectivity index (χ2n) is 7.33. The molecule has 0 aliphatic carbocycles. The summed E-state index contributed by atoms with van der Waals surface area (Å²) < 4.78 is 27.8. The van der Waals surface area contributed by atoms with Crippen molar-refractivity contribution >= 4 is 55.6 Å². The third-order valence-electron chi connectivity index (χ3n) is 5.30. The van der Waals surface area contributed by atoms with Crippen molar-refractivity contribution in [1.82, 2.24) is 4.31 Å². The molecule has 1 aliphatic rings. The number of piperidine rings is 1. The molecule has 30 heavy (non-hydrogen) atoms. The predicted molar refractivity (Wildman–Crippen MR) is 121 cm³/mol. The molecule has 0 saturated carbocycles. The first-order valence-electron chi connectivity index (χ1n) is 9.59. The molecule has 0 spiro atoms. The Bertz CT molecular complexity index is 1210. The molecule has 1 N–H and O–H groups in total. The summed E-state index contributed by atoms with van der Waals surface area (Å²) in [6.07, 6.45) is 1.24. The van der Waals surface area contributed by atoms with Gasteiger partial charge in [0.1, 0.15) is 0 Å². The molecule has 0 radical (unpaired) electrons. The van der Waals surface area contributed by atoms with E-state index in [2.05, 4.69) is 5.32 Å². The number of carbonyl (C=O) groups excluding carboxylic acids is 1. The van der Waals surface area contributed by atoms with E-state index in [0.29, 0.717) is 35.1 Å². The van der Waals surface area contributed by atoms with E-state index in [-0.39, 0.29) is 17.3 Å². The van der Waals surface area contributed by atoms with E-state index >= 15 is 0 Å². The van der Waals surface area contributed by atoms with Crippen LogP contribution >= 0.6 is 23.2 Å². The largest absolute Gasteiger partial charge is 0.326 e. The fourth-order valence-electron chi connectivity index (χ4n) is 3.67. The van der Waals surface area contributed by atoms with Crippen molar-refractivity contribution in [1.29, 1.82) is 0 Å². The molecule has 8 heteroatoms. The number of amides is 1. The minimum Gasteiger partial charge on any atom is -0.326 e. The third kappa shape index (κ3) is 4.32. The molecular weight excluding hydrogens is 443 g/mol.